The Morgan fingerprint density at radius 2 is 2.00 bits per heavy atom. The van der Waals surface area contributed by atoms with Crippen molar-refractivity contribution in [1.29, 1.82) is 0 Å². The number of rotatable bonds is 6. The van der Waals surface area contributed by atoms with Crippen molar-refractivity contribution in [1.82, 2.24) is 4.98 Å². The fourth-order valence-corrected chi connectivity index (χ4v) is 3.29. The van der Waals surface area contributed by atoms with E-state index in [0.29, 0.717) is 6.61 Å². The maximum atomic E-state index is 5.93. The molecule has 3 rings (SSSR count). The first kappa shape index (κ1) is 14.9. The Labute approximate surface area is 135 Å². The number of hydrogen-bond donors (Lipinski definition) is 1. The maximum Gasteiger partial charge on any atom is 0.183 e. The SMILES string of the molecule is CCCNc1nc2c(C)cc(OCc3ccccc3)cc2s1. The minimum absolute atomic E-state index is 0.589. The Balaban J connectivity index is 1.79. The number of anilines is 1. The Morgan fingerprint density at radius 3 is 2.77 bits per heavy atom. The normalized spacial score (nSPS) is 10.8. The highest BCUT2D eigenvalue weighted by Crippen LogP contribution is 2.32. The summed E-state index contributed by atoms with van der Waals surface area (Å²) in [4.78, 5) is 4.66. The van der Waals surface area contributed by atoms with Gasteiger partial charge in [-0.25, -0.2) is 4.98 Å². The Bertz CT molecular complexity index is 752. The van der Waals surface area contributed by atoms with Gasteiger partial charge in [-0.2, -0.15) is 0 Å². The van der Waals surface area contributed by atoms with Crippen LogP contribution in [0.5, 0.6) is 5.75 Å². The zero-order valence-electron chi connectivity index (χ0n) is 12.9. The standard InChI is InChI=1S/C18H20N2OS/c1-3-9-19-18-20-17-13(2)10-15(11-16(17)22-18)21-12-14-7-5-4-6-8-14/h4-8,10-11H,3,9,12H2,1-2H3,(H,19,20). The van der Waals surface area contributed by atoms with Gasteiger partial charge in [0.1, 0.15) is 12.4 Å². The molecule has 0 bridgehead atoms. The van der Waals surface area contributed by atoms with E-state index >= 15 is 0 Å². The molecule has 0 spiro atoms. The van der Waals surface area contributed by atoms with Crippen LogP contribution in [0.3, 0.4) is 0 Å². The van der Waals surface area contributed by atoms with Crippen molar-refractivity contribution < 1.29 is 4.74 Å². The Morgan fingerprint density at radius 1 is 1.18 bits per heavy atom. The van der Waals surface area contributed by atoms with Crippen LogP contribution in [-0.4, -0.2) is 11.5 Å². The van der Waals surface area contributed by atoms with Crippen molar-refractivity contribution in [3.8, 4) is 5.75 Å². The summed E-state index contributed by atoms with van der Waals surface area (Å²) in [6, 6.07) is 14.4. The van der Waals surface area contributed by atoms with E-state index in [2.05, 4.69) is 48.4 Å². The molecule has 0 saturated heterocycles. The molecule has 0 radical (unpaired) electrons. The first-order chi connectivity index (χ1) is 10.8. The van der Waals surface area contributed by atoms with Gasteiger partial charge >= 0.3 is 0 Å². The molecule has 1 heterocycles. The van der Waals surface area contributed by atoms with Gasteiger partial charge < -0.3 is 10.1 Å². The van der Waals surface area contributed by atoms with Crippen LogP contribution in [0.25, 0.3) is 10.2 Å². The first-order valence-electron chi connectivity index (χ1n) is 7.58. The predicted molar refractivity (Wildman–Crippen MR) is 93.9 cm³/mol. The molecule has 0 aliphatic carbocycles. The number of hydrogen-bond acceptors (Lipinski definition) is 4. The van der Waals surface area contributed by atoms with E-state index in [1.807, 2.05) is 18.2 Å². The summed E-state index contributed by atoms with van der Waals surface area (Å²) in [6.45, 7) is 5.78. The number of aryl methyl sites for hydroxylation is 1. The summed E-state index contributed by atoms with van der Waals surface area (Å²) in [6.07, 6.45) is 1.10. The minimum Gasteiger partial charge on any atom is -0.489 e. The summed E-state index contributed by atoms with van der Waals surface area (Å²) < 4.78 is 7.10. The summed E-state index contributed by atoms with van der Waals surface area (Å²) >= 11 is 1.69. The van der Waals surface area contributed by atoms with Gasteiger partial charge in [0, 0.05) is 6.54 Å². The molecule has 22 heavy (non-hydrogen) atoms. The molecular formula is C18H20N2OS. The largest absolute Gasteiger partial charge is 0.489 e. The molecule has 1 aromatic heterocycles. The molecule has 1 N–H and O–H groups in total. The second kappa shape index (κ2) is 6.79. The van der Waals surface area contributed by atoms with Crippen LogP contribution in [0.1, 0.15) is 24.5 Å². The van der Waals surface area contributed by atoms with E-state index in [1.54, 1.807) is 11.3 Å². The summed E-state index contributed by atoms with van der Waals surface area (Å²) in [5.74, 6) is 0.902. The van der Waals surface area contributed by atoms with Gasteiger partial charge in [0.2, 0.25) is 0 Å². The summed E-state index contributed by atoms with van der Waals surface area (Å²) in [7, 11) is 0. The molecule has 0 saturated carbocycles. The smallest absolute Gasteiger partial charge is 0.183 e. The van der Waals surface area contributed by atoms with Crippen molar-refractivity contribution in [3.63, 3.8) is 0 Å². The van der Waals surface area contributed by atoms with Crippen molar-refractivity contribution in [3.05, 3.63) is 53.6 Å². The summed E-state index contributed by atoms with van der Waals surface area (Å²) in [5, 5.41) is 4.34. The second-order valence-corrected chi connectivity index (χ2v) is 6.34. The highest BCUT2D eigenvalue weighted by Gasteiger charge is 2.08. The molecule has 0 aliphatic rings. The third-order valence-electron chi connectivity index (χ3n) is 3.43. The number of aromatic nitrogens is 1. The molecular weight excluding hydrogens is 292 g/mol. The van der Waals surface area contributed by atoms with E-state index < -0.39 is 0 Å². The topological polar surface area (TPSA) is 34.2 Å². The number of ether oxygens (including phenoxy) is 1. The molecule has 3 aromatic rings. The van der Waals surface area contributed by atoms with Crippen molar-refractivity contribution in [2.24, 2.45) is 0 Å². The number of thiazole rings is 1. The zero-order chi connectivity index (χ0) is 15.4. The van der Waals surface area contributed by atoms with Gasteiger partial charge in [-0.05, 0) is 36.6 Å². The van der Waals surface area contributed by atoms with E-state index in [9.17, 15) is 0 Å². The zero-order valence-corrected chi connectivity index (χ0v) is 13.7. The lowest BCUT2D eigenvalue weighted by Gasteiger charge is -2.07. The first-order valence-corrected chi connectivity index (χ1v) is 8.39. The quantitative estimate of drug-likeness (QED) is 0.695. The second-order valence-electron chi connectivity index (χ2n) is 5.31. The van der Waals surface area contributed by atoms with Crippen molar-refractivity contribution in [2.45, 2.75) is 26.9 Å². The van der Waals surface area contributed by atoms with Gasteiger partial charge in [-0.15, -0.1) is 0 Å². The number of fused-ring (bicyclic) bond motifs is 1. The molecule has 2 aromatic carbocycles. The van der Waals surface area contributed by atoms with Crippen molar-refractivity contribution >= 4 is 26.7 Å². The molecule has 0 fully saturated rings. The van der Waals surface area contributed by atoms with Gasteiger partial charge in [-0.3, -0.25) is 0 Å². The average Bonchev–Trinajstić information content (AvgIpc) is 2.95. The lowest BCUT2D eigenvalue weighted by atomic mass is 10.2. The predicted octanol–water partition coefficient (Wildman–Crippen LogP) is 5.01. The van der Waals surface area contributed by atoms with Crippen LogP contribution in [0, 0.1) is 6.92 Å². The van der Waals surface area contributed by atoms with Crippen LogP contribution in [0.2, 0.25) is 0 Å². The lowest BCUT2D eigenvalue weighted by Crippen LogP contribution is -1.98. The minimum atomic E-state index is 0.589. The molecule has 0 amide bonds. The molecule has 0 unspecified atom stereocenters. The number of nitrogens with zero attached hydrogens (tertiary/aromatic N) is 1. The third kappa shape index (κ3) is 3.39. The van der Waals surface area contributed by atoms with Gasteiger partial charge in [0.15, 0.2) is 5.13 Å². The van der Waals surface area contributed by atoms with Crippen LogP contribution in [0.15, 0.2) is 42.5 Å². The van der Waals surface area contributed by atoms with Crippen molar-refractivity contribution in [2.75, 3.05) is 11.9 Å². The van der Waals surface area contributed by atoms with Gasteiger partial charge in [0.05, 0.1) is 10.2 Å². The highest BCUT2D eigenvalue weighted by molar-refractivity contribution is 7.22. The molecule has 0 aliphatic heterocycles. The Kier molecular flexibility index (Phi) is 4.59. The summed E-state index contributed by atoms with van der Waals surface area (Å²) in [5.41, 5.74) is 3.40. The number of benzene rings is 2. The molecule has 3 nitrogen and oxygen atoms in total. The Hall–Kier alpha value is -2.07. The lowest BCUT2D eigenvalue weighted by molar-refractivity contribution is 0.306. The fraction of sp³-hybridized carbons (Fsp3) is 0.278. The number of nitrogens with one attached hydrogen (secondary N) is 1. The van der Waals surface area contributed by atoms with E-state index in [0.717, 1.165) is 34.9 Å². The van der Waals surface area contributed by atoms with Crippen LogP contribution in [-0.2, 0) is 6.61 Å². The average molecular weight is 312 g/mol. The molecule has 114 valence electrons. The monoisotopic (exact) mass is 312 g/mol. The van der Waals surface area contributed by atoms with Crippen LogP contribution >= 0.6 is 11.3 Å². The van der Waals surface area contributed by atoms with Gasteiger partial charge in [0.25, 0.3) is 0 Å². The van der Waals surface area contributed by atoms with Crippen LogP contribution < -0.4 is 10.1 Å². The maximum absolute atomic E-state index is 5.93. The van der Waals surface area contributed by atoms with Crippen LogP contribution in [0.4, 0.5) is 5.13 Å². The molecule has 4 heteroatoms. The van der Waals surface area contributed by atoms with Gasteiger partial charge in [-0.1, -0.05) is 48.6 Å². The van der Waals surface area contributed by atoms with E-state index in [-0.39, 0.29) is 0 Å². The molecule has 0 atom stereocenters. The van der Waals surface area contributed by atoms with E-state index in [1.165, 1.54) is 10.3 Å². The van der Waals surface area contributed by atoms with E-state index in [4.69, 9.17) is 4.74 Å². The fourth-order valence-electron chi connectivity index (χ4n) is 2.30. The highest BCUT2D eigenvalue weighted by atomic mass is 32.1. The third-order valence-corrected chi connectivity index (χ3v) is 4.39.